The Balaban J connectivity index is 1.74. The van der Waals surface area contributed by atoms with Crippen LogP contribution in [0.1, 0.15) is 36.6 Å². The second-order valence-corrected chi connectivity index (χ2v) is 8.76. The highest BCUT2D eigenvalue weighted by atomic mass is 32.2. The van der Waals surface area contributed by atoms with Crippen LogP contribution in [0, 0.1) is 11.3 Å². The van der Waals surface area contributed by atoms with Crippen molar-refractivity contribution in [1.29, 1.82) is 5.26 Å². The summed E-state index contributed by atoms with van der Waals surface area (Å²) < 4.78 is 9.35. The molecule has 0 bridgehead atoms. The summed E-state index contributed by atoms with van der Waals surface area (Å²) in [5.41, 5.74) is 2.49. The lowest BCUT2D eigenvalue weighted by atomic mass is 9.89. The van der Waals surface area contributed by atoms with E-state index in [4.69, 9.17) is 10.00 Å². The molecule has 1 aliphatic rings. The molecule has 126 valence electrons. The van der Waals surface area contributed by atoms with E-state index in [-0.39, 0.29) is 0 Å². The van der Waals surface area contributed by atoms with Crippen LogP contribution in [0.25, 0.3) is 10.4 Å². The zero-order chi connectivity index (χ0) is 16.9. The molecule has 0 amide bonds. The van der Waals surface area contributed by atoms with Gasteiger partial charge in [-0.2, -0.15) is 5.26 Å². The van der Waals surface area contributed by atoms with Crippen molar-refractivity contribution in [3.63, 3.8) is 0 Å². The molecule has 2 atom stereocenters. The van der Waals surface area contributed by atoms with Crippen molar-refractivity contribution in [2.24, 2.45) is 0 Å². The first-order valence-electron chi connectivity index (χ1n) is 8.26. The Morgan fingerprint density at radius 2 is 2.04 bits per heavy atom. The largest absolute Gasteiger partial charge is 0.381 e. The Labute approximate surface area is 152 Å². The summed E-state index contributed by atoms with van der Waals surface area (Å²) in [6.07, 6.45) is 1.04. The minimum Gasteiger partial charge on any atom is -0.381 e. The average molecular weight is 359 g/mol. The van der Waals surface area contributed by atoms with Crippen molar-refractivity contribution < 1.29 is 4.74 Å². The van der Waals surface area contributed by atoms with Crippen LogP contribution in [0.3, 0.4) is 0 Å². The van der Waals surface area contributed by atoms with Crippen molar-refractivity contribution in [3.05, 3.63) is 46.8 Å². The number of ether oxygens (including phenoxy) is 1. The molecule has 0 aliphatic carbocycles. The SMILES string of the molecule is CC(C)SNC1CCOCC1c1ccc(-c2ccc(C#N)s2)cc1. The van der Waals surface area contributed by atoms with E-state index in [0.29, 0.717) is 17.2 Å². The zero-order valence-corrected chi connectivity index (χ0v) is 15.6. The first-order chi connectivity index (χ1) is 11.7. The lowest BCUT2D eigenvalue weighted by molar-refractivity contribution is 0.0660. The van der Waals surface area contributed by atoms with Gasteiger partial charge in [-0.25, -0.2) is 0 Å². The molecule has 1 aromatic carbocycles. The lowest BCUT2D eigenvalue weighted by Gasteiger charge is -2.32. The predicted octanol–water partition coefficient (Wildman–Crippen LogP) is 4.81. The molecule has 2 aromatic rings. The molecule has 1 saturated heterocycles. The average Bonchev–Trinajstić information content (AvgIpc) is 3.09. The summed E-state index contributed by atoms with van der Waals surface area (Å²) in [7, 11) is 0. The van der Waals surface area contributed by atoms with Crippen molar-refractivity contribution in [2.45, 2.75) is 37.5 Å². The number of hydrogen-bond acceptors (Lipinski definition) is 5. The summed E-state index contributed by atoms with van der Waals surface area (Å²) in [6.45, 7) is 6.01. The maximum Gasteiger partial charge on any atom is 0.110 e. The quantitative estimate of drug-likeness (QED) is 0.780. The van der Waals surface area contributed by atoms with Crippen LogP contribution in [0.4, 0.5) is 0 Å². The minimum atomic E-state index is 0.386. The van der Waals surface area contributed by atoms with E-state index in [9.17, 15) is 0 Å². The molecule has 1 N–H and O–H groups in total. The van der Waals surface area contributed by atoms with Crippen LogP contribution < -0.4 is 4.72 Å². The third kappa shape index (κ3) is 4.20. The van der Waals surface area contributed by atoms with E-state index in [1.807, 2.05) is 12.1 Å². The van der Waals surface area contributed by atoms with Gasteiger partial charge in [-0.1, -0.05) is 50.1 Å². The summed E-state index contributed by atoms with van der Waals surface area (Å²) in [5, 5.41) is 9.54. The summed E-state index contributed by atoms with van der Waals surface area (Å²) in [4.78, 5) is 1.90. The van der Waals surface area contributed by atoms with Gasteiger partial charge in [0.1, 0.15) is 10.9 Å². The van der Waals surface area contributed by atoms with E-state index in [0.717, 1.165) is 29.4 Å². The second kappa shape index (κ2) is 8.17. The van der Waals surface area contributed by atoms with Gasteiger partial charge in [0.25, 0.3) is 0 Å². The number of nitrogens with zero attached hydrogens (tertiary/aromatic N) is 1. The van der Waals surface area contributed by atoms with Crippen molar-refractivity contribution in [3.8, 4) is 16.5 Å². The Kier molecular flexibility index (Phi) is 5.96. The fraction of sp³-hybridized carbons (Fsp3) is 0.421. The molecule has 1 fully saturated rings. The molecule has 5 heteroatoms. The fourth-order valence-corrected chi connectivity index (χ4v) is 4.42. The number of nitriles is 1. The molecule has 24 heavy (non-hydrogen) atoms. The minimum absolute atomic E-state index is 0.386. The van der Waals surface area contributed by atoms with Crippen molar-refractivity contribution in [2.75, 3.05) is 13.2 Å². The van der Waals surface area contributed by atoms with Gasteiger partial charge in [-0.3, -0.25) is 4.72 Å². The topological polar surface area (TPSA) is 45.0 Å². The maximum absolute atomic E-state index is 8.97. The van der Waals surface area contributed by atoms with Crippen LogP contribution in [0.5, 0.6) is 0 Å². The fourth-order valence-electron chi connectivity index (χ4n) is 2.88. The van der Waals surface area contributed by atoms with Crippen LogP contribution in [0.15, 0.2) is 36.4 Å². The molecule has 2 heterocycles. The van der Waals surface area contributed by atoms with Crippen molar-refractivity contribution >= 4 is 23.3 Å². The van der Waals surface area contributed by atoms with Crippen LogP contribution in [-0.2, 0) is 4.74 Å². The molecular formula is C19H22N2OS2. The Morgan fingerprint density at radius 1 is 1.25 bits per heavy atom. The Hall–Kier alpha value is -1.32. The van der Waals surface area contributed by atoms with Gasteiger partial charge >= 0.3 is 0 Å². The van der Waals surface area contributed by atoms with Gasteiger partial charge in [-0.15, -0.1) is 11.3 Å². The first kappa shape index (κ1) is 17.5. The van der Waals surface area contributed by atoms with E-state index >= 15 is 0 Å². The molecule has 1 aromatic heterocycles. The van der Waals surface area contributed by atoms with Gasteiger partial charge in [0.05, 0.1) is 6.61 Å². The molecule has 0 radical (unpaired) electrons. The van der Waals surface area contributed by atoms with Crippen molar-refractivity contribution in [1.82, 2.24) is 4.72 Å². The van der Waals surface area contributed by atoms with Crippen LogP contribution in [-0.4, -0.2) is 24.5 Å². The lowest BCUT2D eigenvalue weighted by Crippen LogP contribution is -2.38. The highest BCUT2D eigenvalue weighted by molar-refractivity contribution is 7.98. The first-order valence-corrected chi connectivity index (χ1v) is 9.96. The molecule has 0 saturated carbocycles. The standard InChI is InChI=1S/C19H22N2OS2/c1-13(2)24-21-18-9-10-22-12-17(18)14-3-5-15(6-4-14)19-8-7-16(11-20)23-19/h3-8,13,17-18,21H,9-10,12H2,1-2H3. The Morgan fingerprint density at radius 3 is 2.71 bits per heavy atom. The highest BCUT2D eigenvalue weighted by Crippen LogP contribution is 2.32. The maximum atomic E-state index is 8.97. The number of benzene rings is 1. The van der Waals surface area contributed by atoms with E-state index in [1.165, 1.54) is 22.5 Å². The second-order valence-electron chi connectivity index (χ2n) is 6.26. The number of hydrogen-bond donors (Lipinski definition) is 1. The summed E-state index contributed by atoms with van der Waals surface area (Å²) >= 11 is 3.34. The summed E-state index contributed by atoms with van der Waals surface area (Å²) in [6, 6.07) is 15.3. The predicted molar refractivity (Wildman–Crippen MR) is 102 cm³/mol. The summed E-state index contributed by atoms with van der Waals surface area (Å²) in [5.74, 6) is 0.386. The normalized spacial score (nSPS) is 20.9. The molecule has 2 unspecified atom stereocenters. The number of rotatable bonds is 5. The van der Waals surface area contributed by atoms with Gasteiger partial charge in [0.15, 0.2) is 0 Å². The number of thiophene rings is 1. The molecule has 0 spiro atoms. The van der Waals surface area contributed by atoms with Gasteiger partial charge in [0.2, 0.25) is 0 Å². The van der Waals surface area contributed by atoms with E-state index in [2.05, 4.69) is 48.9 Å². The zero-order valence-electron chi connectivity index (χ0n) is 14.0. The van der Waals surface area contributed by atoms with Gasteiger partial charge in [0, 0.05) is 28.7 Å². The van der Waals surface area contributed by atoms with E-state index in [1.54, 1.807) is 11.9 Å². The highest BCUT2D eigenvalue weighted by Gasteiger charge is 2.27. The number of nitrogens with one attached hydrogen (secondary N) is 1. The van der Waals surface area contributed by atoms with E-state index < -0.39 is 0 Å². The molecule has 1 aliphatic heterocycles. The monoisotopic (exact) mass is 358 g/mol. The third-order valence-corrected chi connectivity index (χ3v) is 6.10. The molecule has 3 nitrogen and oxygen atoms in total. The van der Waals surface area contributed by atoms with Gasteiger partial charge in [-0.05, 0) is 29.7 Å². The van der Waals surface area contributed by atoms with Crippen LogP contribution >= 0.6 is 23.3 Å². The van der Waals surface area contributed by atoms with Crippen LogP contribution in [0.2, 0.25) is 0 Å². The Bertz CT molecular complexity index is 703. The smallest absolute Gasteiger partial charge is 0.110 e. The molecule has 3 rings (SSSR count). The van der Waals surface area contributed by atoms with Gasteiger partial charge < -0.3 is 4.74 Å². The molecular weight excluding hydrogens is 336 g/mol. The third-order valence-electron chi connectivity index (χ3n) is 4.15.